The number of amides is 3. The van der Waals surface area contributed by atoms with Gasteiger partial charge < -0.3 is 14.4 Å². The Labute approximate surface area is 246 Å². The smallest absolute Gasteiger partial charge is 0.308 e. The molecule has 214 valence electrons. The number of anilines is 1. The molecular formula is C30H31N3O6S2. The van der Waals surface area contributed by atoms with E-state index in [4.69, 9.17) is 9.47 Å². The minimum Gasteiger partial charge on any atom is -0.493 e. The molecule has 3 amide bonds. The minimum atomic E-state index is -0.750. The van der Waals surface area contributed by atoms with Gasteiger partial charge in [0.15, 0.2) is 11.5 Å². The molecule has 0 aliphatic carbocycles. The summed E-state index contributed by atoms with van der Waals surface area (Å²) >= 11 is 2.27. The van der Waals surface area contributed by atoms with Gasteiger partial charge in [0.1, 0.15) is 11.8 Å². The van der Waals surface area contributed by atoms with E-state index < -0.39 is 17.1 Å². The van der Waals surface area contributed by atoms with Gasteiger partial charge in [0.2, 0.25) is 17.7 Å². The molecule has 4 heterocycles. The number of benzene rings is 2. The zero-order valence-electron chi connectivity index (χ0n) is 23.1. The Hall–Kier alpha value is -3.57. The first-order valence-electron chi connectivity index (χ1n) is 13.7. The topological polar surface area (TPSA) is 98.1 Å². The molecule has 3 unspecified atom stereocenters. The van der Waals surface area contributed by atoms with Crippen molar-refractivity contribution in [1.82, 2.24) is 9.47 Å². The van der Waals surface area contributed by atoms with Crippen LogP contribution < -0.4 is 19.2 Å². The number of nitrogens with zero attached hydrogens (tertiary/aromatic N) is 3. The third-order valence-corrected chi connectivity index (χ3v) is 10.7. The van der Waals surface area contributed by atoms with Gasteiger partial charge >= 0.3 is 4.87 Å². The van der Waals surface area contributed by atoms with E-state index in [1.165, 1.54) is 28.3 Å². The lowest BCUT2D eigenvalue weighted by molar-refractivity contribution is -0.133. The lowest BCUT2D eigenvalue weighted by Crippen LogP contribution is -2.39. The van der Waals surface area contributed by atoms with Gasteiger partial charge in [0, 0.05) is 23.9 Å². The summed E-state index contributed by atoms with van der Waals surface area (Å²) in [6, 6.07) is 12.7. The van der Waals surface area contributed by atoms with Gasteiger partial charge in [-0.2, -0.15) is 0 Å². The lowest BCUT2D eigenvalue weighted by atomic mass is 9.83. The quantitative estimate of drug-likeness (QED) is 0.398. The molecule has 3 atom stereocenters. The normalized spacial score (nSPS) is 22.0. The van der Waals surface area contributed by atoms with E-state index >= 15 is 0 Å². The molecule has 0 spiro atoms. The Morgan fingerprint density at radius 2 is 1.63 bits per heavy atom. The fraction of sp³-hybridized carbons (Fsp3) is 0.400. The first-order chi connectivity index (χ1) is 19.8. The summed E-state index contributed by atoms with van der Waals surface area (Å²) in [5.41, 5.74) is 2.28. The van der Waals surface area contributed by atoms with E-state index in [0.29, 0.717) is 40.2 Å². The molecule has 2 saturated heterocycles. The van der Waals surface area contributed by atoms with Crippen molar-refractivity contribution in [2.24, 2.45) is 5.92 Å². The maximum atomic E-state index is 14.1. The van der Waals surface area contributed by atoms with Gasteiger partial charge in [-0.1, -0.05) is 46.9 Å². The van der Waals surface area contributed by atoms with Crippen molar-refractivity contribution < 1.29 is 23.9 Å². The predicted octanol–water partition coefficient (Wildman–Crippen LogP) is 4.04. The number of piperidine rings is 1. The number of carbonyl (C=O) groups is 3. The molecule has 3 aliphatic rings. The van der Waals surface area contributed by atoms with Crippen molar-refractivity contribution in [3.05, 3.63) is 68.1 Å². The highest BCUT2D eigenvalue weighted by atomic mass is 32.2. The number of fused-ring (bicyclic) bond motifs is 2. The zero-order valence-corrected chi connectivity index (χ0v) is 24.8. The molecule has 0 saturated carbocycles. The summed E-state index contributed by atoms with van der Waals surface area (Å²) in [6.07, 6.45) is 3.00. The summed E-state index contributed by atoms with van der Waals surface area (Å²) in [7, 11) is 3.09. The van der Waals surface area contributed by atoms with Gasteiger partial charge in [-0.15, -0.1) is 0 Å². The Bertz CT molecular complexity index is 1570. The Kier molecular flexibility index (Phi) is 7.41. The standard InChI is InChI=1S/C30H31N3O6S2/c1-17-7-10-19(11-8-17)33-27(35)24-23(18-9-12-20(38-2)21(15-18)39-3)26-29(40-25(24)28(33)36)32(30(37)41-26)16-22(34)31-13-5-4-6-14-31/h7-12,15,23-25H,4-6,13-14,16H2,1-3H3. The molecule has 41 heavy (non-hydrogen) atoms. The van der Waals surface area contributed by atoms with Crippen LogP contribution in [0.3, 0.4) is 0 Å². The van der Waals surface area contributed by atoms with E-state index in [1.54, 1.807) is 31.4 Å². The van der Waals surface area contributed by atoms with Crippen LogP contribution in [-0.4, -0.2) is 59.7 Å². The molecule has 3 aromatic rings. The van der Waals surface area contributed by atoms with E-state index in [9.17, 15) is 19.2 Å². The van der Waals surface area contributed by atoms with Gasteiger partial charge in [0.05, 0.1) is 30.9 Å². The molecule has 0 bridgehead atoms. The Balaban J connectivity index is 1.46. The molecule has 3 aliphatic heterocycles. The molecule has 9 nitrogen and oxygen atoms in total. The SMILES string of the molecule is COc1ccc(C2c3sc(=O)n(CC(=O)N4CCCCC4)c3SC3C(=O)N(c4ccc(C)cc4)C(=O)C32)cc1OC. The molecule has 0 N–H and O–H groups in total. The number of aromatic nitrogens is 1. The van der Waals surface area contributed by atoms with Gasteiger partial charge in [-0.25, -0.2) is 4.90 Å². The molecule has 2 aromatic carbocycles. The highest BCUT2D eigenvalue weighted by Crippen LogP contribution is 2.54. The number of thioether (sulfide) groups is 1. The first kappa shape index (κ1) is 27.6. The van der Waals surface area contributed by atoms with Crippen LogP contribution in [0.4, 0.5) is 5.69 Å². The number of rotatable bonds is 6. The molecule has 0 radical (unpaired) electrons. The second-order valence-electron chi connectivity index (χ2n) is 10.6. The molecule has 2 fully saturated rings. The van der Waals surface area contributed by atoms with Crippen LogP contribution in [0.15, 0.2) is 52.3 Å². The monoisotopic (exact) mass is 593 g/mol. The summed E-state index contributed by atoms with van der Waals surface area (Å²) in [6.45, 7) is 3.23. The van der Waals surface area contributed by atoms with Crippen molar-refractivity contribution in [3.8, 4) is 11.5 Å². The first-order valence-corrected chi connectivity index (χ1v) is 15.4. The van der Waals surface area contributed by atoms with E-state index in [1.807, 2.05) is 30.0 Å². The van der Waals surface area contributed by atoms with Gasteiger partial charge in [-0.05, 0) is 56.0 Å². The van der Waals surface area contributed by atoms with Crippen LogP contribution in [0.2, 0.25) is 0 Å². The fourth-order valence-electron chi connectivity index (χ4n) is 5.99. The number of carbonyl (C=O) groups excluding carboxylic acids is 3. The number of hydrogen-bond acceptors (Lipinski definition) is 8. The number of hydrogen-bond donors (Lipinski definition) is 0. The largest absolute Gasteiger partial charge is 0.493 e. The highest BCUT2D eigenvalue weighted by molar-refractivity contribution is 8.00. The van der Waals surface area contributed by atoms with Crippen LogP contribution in [0, 0.1) is 12.8 Å². The van der Waals surface area contributed by atoms with Crippen LogP contribution in [0.25, 0.3) is 0 Å². The number of imide groups is 1. The second-order valence-corrected chi connectivity index (χ2v) is 12.7. The van der Waals surface area contributed by atoms with E-state index in [0.717, 1.165) is 41.7 Å². The van der Waals surface area contributed by atoms with Gasteiger partial charge in [-0.3, -0.25) is 23.7 Å². The summed E-state index contributed by atoms with van der Waals surface area (Å²) < 4.78 is 12.5. The number of methoxy groups -OCH3 is 2. The number of thiazole rings is 1. The van der Waals surface area contributed by atoms with Crippen molar-refractivity contribution in [3.63, 3.8) is 0 Å². The van der Waals surface area contributed by atoms with Crippen LogP contribution in [-0.2, 0) is 20.9 Å². The Morgan fingerprint density at radius 3 is 2.32 bits per heavy atom. The minimum absolute atomic E-state index is 0.0858. The number of aryl methyl sites for hydroxylation is 1. The Morgan fingerprint density at radius 1 is 0.927 bits per heavy atom. The van der Waals surface area contributed by atoms with Crippen molar-refractivity contribution in [2.45, 2.75) is 48.9 Å². The van der Waals surface area contributed by atoms with Crippen LogP contribution >= 0.6 is 23.1 Å². The number of ether oxygens (including phenoxy) is 2. The molecular weight excluding hydrogens is 562 g/mol. The molecule has 1 aromatic heterocycles. The fourth-order valence-corrected chi connectivity index (χ4v) is 8.76. The van der Waals surface area contributed by atoms with Crippen molar-refractivity contribution in [2.75, 3.05) is 32.2 Å². The molecule has 6 rings (SSSR count). The predicted molar refractivity (Wildman–Crippen MR) is 157 cm³/mol. The van der Waals surface area contributed by atoms with Crippen LogP contribution in [0.1, 0.15) is 41.2 Å². The van der Waals surface area contributed by atoms with Crippen molar-refractivity contribution in [1.29, 1.82) is 0 Å². The summed E-state index contributed by atoms with van der Waals surface area (Å²) in [5.74, 6) is -1.02. The lowest BCUT2D eigenvalue weighted by Gasteiger charge is -2.31. The third kappa shape index (κ3) is 4.74. The summed E-state index contributed by atoms with van der Waals surface area (Å²) in [4.78, 5) is 58.1. The van der Waals surface area contributed by atoms with Crippen molar-refractivity contribution >= 4 is 46.5 Å². The van der Waals surface area contributed by atoms with E-state index in [2.05, 4.69) is 0 Å². The maximum Gasteiger partial charge on any atom is 0.308 e. The second kappa shape index (κ2) is 11.0. The molecule has 11 heteroatoms. The number of likely N-dealkylation sites (tertiary alicyclic amines) is 1. The van der Waals surface area contributed by atoms with E-state index in [-0.39, 0.29) is 29.1 Å². The average Bonchev–Trinajstić information content (AvgIpc) is 3.43. The summed E-state index contributed by atoms with van der Waals surface area (Å²) in [5, 5.41) is -0.168. The van der Waals surface area contributed by atoms with Gasteiger partial charge in [0.25, 0.3) is 0 Å². The highest BCUT2D eigenvalue weighted by Gasteiger charge is 2.57. The third-order valence-electron chi connectivity index (χ3n) is 8.11. The maximum absolute atomic E-state index is 14.1. The zero-order chi connectivity index (χ0) is 28.8. The average molecular weight is 594 g/mol. The van der Waals surface area contributed by atoms with Crippen LogP contribution in [0.5, 0.6) is 11.5 Å².